The lowest BCUT2D eigenvalue weighted by Crippen LogP contribution is -2.17. The third-order valence-electron chi connectivity index (χ3n) is 2.08. The average Bonchev–Trinajstić information content (AvgIpc) is 2.26. The van der Waals surface area contributed by atoms with Crippen LogP contribution in [0.1, 0.15) is 12.5 Å². The molecule has 0 aliphatic rings. The van der Waals surface area contributed by atoms with Crippen molar-refractivity contribution < 1.29 is 19.0 Å². The molecule has 0 fully saturated rings. The van der Waals surface area contributed by atoms with E-state index in [0.717, 1.165) is 0 Å². The van der Waals surface area contributed by atoms with E-state index in [1.54, 1.807) is 13.2 Å². The molecule has 15 heavy (non-hydrogen) atoms. The van der Waals surface area contributed by atoms with E-state index in [2.05, 4.69) is 0 Å². The van der Waals surface area contributed by atoms with Crippen molar-refractivity contribution in [3.63, 3.8) is 0 Å². The zero-order chi connectivity index (χ0) is 11.3. The molecule has 1 aromatic carbocycles. The Morgan fingerprint density at radius 3 is 2.80 bits per heavy atom. The van der Waals surface area contributed by atoms with E-state index >= 15 is 0 Å². The zero-order valence-corrected chi connectivity index (χ0v) is 8.87. The lowest BCUT2D eigenvalue weighted by molar-refractivity contribution is 0.0691. The number of aliphatic hydroxyl groups is 1. The Hall–Kier alpha value is -1.13. The molecular formula is C11H15FO3. The summed E-state index contributed by atoms with van der Waals surface area (Å²) in [6.45, 7) is 1.83. The summed E-state index contributed by atoms with van der Waals surface area (Å²) in [5.41, 5.74) is 0.443. The van der Waals surface area contributed by atoms with Gasteiger partial charge in [-0.25, -0.2) is 4.39 Å². The topological polar surface area (TPSA) is 38.7 Å². The molecule has 3 nitrogen and oxygen atoms in total. The highest BCUT2D eigenvalue weighted by molar-refractivity contribution is 5.34. The summed E-state index contributed by atoms with van der Waals surface area (Å²) in [6.07, 6.45) is -0.115. The normalized spacial score (nSPS) is 12.5. The molecule has 1 unspecified atom stereocenters. The van der Waals surface area contributed by atoms with Crippen LogP contribution >= 0.6 is 0 Å². The Labute approximate surface area is 88.4 Å². The van der Waals surface area contributed by atoms with E-state index in [9.17, 15) is 4.39 Å². The quantitative estimate of drug-likeness (QED) is 0.811. The van der Waals surface area contributed by atoms with E-state index in [-0.39, 0.29) is 25.1 Å². The van der Waals surface area contributed by atoms with Crippen LogP contribution in [0.4, 0.5) is 4.39 Å². The van der Waals surface area contributed by atoms with E-state index in [4.69, 9.17) is 14.6 Å². The maximum atomic E-state index is 13.3. The summed E-state index contributed by atoms with van der Waals surface area (Å²) in [4.78, 5) is 0. The van der Waals surface area contributed by atoms with E-state index in [1.807, 2.05) is 6.92 Å². The molecule has 1 atom stereocenters. The van der Waals surface area contributed by atoms with Gasteiger partial charge in [0, 0.05) is 12.7 Å². The van der Waals surface area contributed by atoms with E-state index in [1.165, 1.54) is 12.1 Å². The van der Waals surface area contributed by atoms with Gasteiger partial charge in [-0.15, -0.1) is 0 Å². The molecule has 0 bridgehead atoms. The fourth-order valence-electron chi connectivity index (χ4n) is 1.11. The molecule has 0 saturated heterocycles. The Bertz CT molecular complexity index is 315. The second-order valence-corrected chi connectivity index (χ2v) is 3.24. The Kier molecular flexibility index (Phi) is 4.52. The minimum absolute atomic E-state index is 0.101. The SMILES string of the molecule is COC(C)COc1c(F)cccc1CO. The van der Waals surface area contributed by atoms with Gasteiger partial charge in [0.05, 0.1) is 12.7 Å². The molecule has 0 aliphatic carbocycles. The van der Waals surface area contributed by atoms with Crippen molar-refractivity contribution in [3.05, 3.63) is 29.6 Å². The third kappa shape index (κ3) is 3.18. The summed E-state index contributed by atoms with van der Waals surface area (Å²) in [5, 5.41) is 8.99. The van der Waals surface area contributed by atoms with Crippen LogP contribution in [0.15, 0.2) is 18.2 Å². The fourth-order valence-corrected chi connectivity index (χ4v) is 1.11. The molecule has 1 N–H and O–H groups in total. The number of rotatable bonds is 5. The average molecular weight is 214 g/mol. The molecule has 0 saturated carbocycles. The zero-order valence-electron chi connectivity index (χ0n) is 8.87. The first kappa shape index (κ1) is 11.9. The smallest absolute Gasteiger partial charge is 0.165 e. The lowest BCUT2D eigenvalue weighted by atomic mass is 10.2. The minimum atomic E-state index is -0.468. The van der Waals surface area contributed by atoms with Gasteiger partial charge in [0.1, 0.15) is 6.61 Å². The van der Waals surface area contributed by atoms with Crippen LogP contribution in [0.5, 0.6) is 5.75 Å². The fraction of sp³-hybridized carbons (Fsp3) is 0.455. The monoisotopic (exact) mass is 214 g/mol. The second kappa shape index (κ2) is 5.68. The first-order valence-electron chi connectivity index (χ1n) is 4.73. The highest BCUT2D eigenvalue weighted by Crippen LogP contribution is 2.22. The van der Waals surface area contributed by atoms with Crippen molar-refractivity contribution in [1.29, 1.82) is 0 Å². The van der Waals surface area contributed by atoms with Crippen molar-refractivity contribution in [2.75, 3.05) is 13.7 Å². The van der Waals surface area contributed by atoms with Crippen molar-refractivity contribution in [3.8, 4) is 5.75 Å². The highest BCUT2D eigenvalue weighted by atomic mass is 19.1. The molecule has 0 radical (unpaired) electrons. The number of para-hydroxylation sites is 1. The number of hydrogen-bond donors (Lipinski definition) is 1. The maximum absolute atomic E-state index is 13.3. The summed E-state index contributed by atoms with van der Waals surface area (Å²) >= 11 is 0. The number of halogens is 1. The molecular weight excluding hydrogens is 199 g/mol. The van der Waals surface area contributed by atoms with Crippen LogP contribution in [-0.4, -0.2) is 24.9 Å². The number of hydrogen-bond acceptors (Lipinski definition) is 3. The number of ether oxygens (including phenoxy) is 2. The number of benzene rings is 1. The third-order valence-corrected chi connectivity index (χ3v) is 2.08. The van der Waals surface area contributed by atoms with Crippen molar-refractivity contribution in [2.24, 2.45) is 0 Å². The number of aliphatic hydroxyl groups excluding tert-OH is 1. The van der Waals surface area contributed by atoms with E-state index in [0.29, 0.717) is 5.56 Å². The molecule has 0 heterocycles. The van der Waals surface area contributed by atoms with Crippen molar-refractivity contribution in [2.45, 2.75) is 19.6 Å². The summed E-state index contributed by atoms with van der Waals surface area (Å²) in [7, 11) is 1.56. The second-order valence-electron chi connectivity index (χ2n) is 3.24. The molecule has 0 spiro atoms. The molecule has 4 heteroatoms. The summed E-state index contributed by atoms with van der Waals surface area (Å²) < 4.78 is 23.5. The van der Waals surface area contributed by atoms with Crippen molar-refractivity contribution >= 4 is 0 Å². The van der Waals surface area contributed by atoms with Crippen LogP contribution in [0.2, 0.25) is 0 Å². The maximum Gasteiger partial charge on any atom is 0.165 e. The highest BCUT2D eigenvalue weighted by Gasteiger charge is 2.10. The minimum Gasteiger partial charge on any atom is -0.487 e. The van der Waals surface area contributed by atoms with Crippen LogP contribution in [0.3, 0.4) is 0 Å². The molecule has 1 aromatic rings. The van der Waals surface area contributed by atoms with Gasteiger partial charge in [-0.2, -0.15) is 0 Å². The predicted molar refractivity (Wildman–Crippen MR) is 54.3 cm³/mol. The first-order valence-corrected chi connectivity index (χ1v) is 4.73. The van der Waals surface area contributed by atoms with Gasteiger partial charge >= 0.3 is 0 Å². The van der Waals surface area contributed by atoms with E-state index < -0.39 is 5.82 Å². The van der Waals surface area contributed by atoms with Crippen LogP contribution in [0, 0.1) is 5.82 Å². The molecule has 0 aliphatic heterocycles. The standard InChI is InChI=1S/C11H15FO3/c1-8(14-2)7-15-11-9(6-13)4-3-5-10(11)12/h3-5,8,13H,6-7H2,1-2H3. The molecule has 84 valence electrons. The van der Waals surface area contributed by atoms with Gasteiger partial charge in [0.15, 0.2) is 11.6 Å². The summed E-state index contributed by atoms with van der Waals surface area (Å²) in [5.74, 6) is -0.367. The van der Waals surface area contributed by atoms with Gasteiger partial charge in [0.2, 0.25) is 0 Å². The lowest BCUT2D eigenvalue weighted by Gasteiger charge is -2.14. The molecule has 1 rings (SSSR count). The molecule has 0 amide bonds. The first-order chi connectivity index (χ1) is 7.19. The van der Waals surface area contributed by atoms with Gasteiger partial charge in [-0.3, -0.25) is 0 Å². The molecule has 0 aromatic heterocycles. The van der Waals surface area contributed by atoms with Crippen molar-refractivity contribution in [1.82, 2.24) is 0 Å². The Morgan fingerprint density at radius 2 is 2.20 bits per heavy atom. The largest absolute Gasteiger partial charge is 0.487 e. The van der Waals surface area contributed by atoms with Crippen LogP contribution < -0.4 is 4.74 Å². The van der Waals surface area contributed by atoms with Crippen LogP contribution in [0.25, 0.3) is 0 Å². The predicted octanol–water partition coefficient (Wildman–Crippen LogP) is 1.73. The van der Waals surface area contributed by atoms with Gasteiger partial charge in [-0.05, 0) is 13.0 Å². The Balaban J connectivity index is 2.74. The Morgan fingerprint density at radius 1 is 1.47 bits per heavy atom. The number of methoxy groups -OCH3 is 1. The van der Waals surface area contributed by atoms with Crippen LogP contribution in [-0.2, 0) is 11.3 Å². The van der Waals surface area contributed by atoms with Gasteiger partial charge in [0.25, 0.3) is 0 Å². The van der Waals surface area contributed by atoms with Gasteiger partial charge in [-0.1, -0.05) is 12.1 Å². The van der Waals surface area contributed by atoms with Gasteiger partial charge < -0.3 is 14.6 Å². The summed E-state index contributed by atoms with van der Waals surface area (Å²) in [6, 6.07) is 4.45.